The van der Waals surface area contributed by atoms with Crippen molar-refractivity contribution in [3.05, 3.63) is 16.3 Å². The first kappa shape index (κ1) is 11.9. The molecule has 0 unspecified atom stereocenters. The van der Waals surface area contributed by atoms with E-state index in [1.807, 2.05) is 0 Å². The van der Waals surface area contributed by atoms with Crippen LogP contribution in [0.15, 0.2) is 11.1 Å². The van der Waals surface area contributed by atoms with Gasteiger partial charge in [-0.25, -0.2) is 8.42 Å². The highest BCUT2D eigenvalue weighted by Crippen LogP contribution is 2.26. The zero-order chi connectivity index (χ0) is 11.8. The van der Waals surface area contributed by atoms with E-state index in [4.69, 9.17) is 10.7 Å². The molecular weight excluding hydrogens is 246 g/mol. The summed E-state index contributed by atoms with van der Waals surface area (Å²) in [5.41, 5.74) is 0. The van der Waals surface area contributed by atoms with E-state index in [1.165, 1.54) is 4.68 Å². The van der Waals surface area contributed by atoms with Crippen molar-refractivity contribution in [2.45, 2.75) is 24.8 Å². The van der Waals surface area contributed by atoms with Crippen LogP contribution >= 0.6 is 10.7 Å². The van der Waals surface area contributed by atoms with Gasteiger partial charge >= 0.3 is 5.82 Å². The molecule has 0 saturated heterocycles. The molecule has 0 aliphatic heterocycles. The van der Waals surface area contributed by atoms with Gasteiger partial charge in [0.05, 0.1) is 17.3 Å². The molecule has 1 aromatic rings. The SMILES string of the molecule is CC(C)n1cc(S(=O)(=O)Cl)c([N+](=O)[O-])n1. The van der Waals surface area contributed by atoms with Gasteiger partial charge in [-0.15, -0.1) is 0 Å². The molecule has 0 bridgehead atoms. The molecule has 0 aliphatic rings. The van der Waals surface area contributed by atoms with Crippen LogP contribution in [-0.2, 0) is 9.05 Å². The van der Waals surface area contributed by atoms with Crippen molar-refractivity contribution in [3.8, 4) is 0 Å². The molecule has 15 heavy (non-hydrogen) atoms. The third kappa shape index (κ3) is 2.45. The Balaban J connectivity index is 3.44. The maximum absolute atomic E-state index is 11.0. The first-order chi connectivity index (χ1) is 6.73. The van der Waals surface area contributed by atoms with Crippen molar-refractivity contribution in [2.75, 3.05) is 0 Å². The third-order valence-corrected chi connectivity index (χ3v) is 2.96. The van der Waals surface area contributed by atoms with Crippen molar-refractivity contribution >= 4 is 25.6 Å². The summed E-state index contributed by atoms with van der Waals surface area (Å²) in [7, 11) is 0.896. The second kappa shape index (κ2) is 3.78. The molecule has 0 amide bonds. The minimum absolute atomic E-state index is 0.184. The van der Waals surface area contributed by atoms with E-state index in [2.05, 4.69) is 5.10 Å². The van der Waals surface area contributed by atoms with E-state index in [9.17, 15) is 18.5 Å². The van der Waals surface area contributed by atoms with E-state index in [-0.39, 0.29) is 6.04 Å². The van der Waals surface area contributed by atoms with Gasteiger partial charge in [0.15, 0.2) is 0 Å². The van der Waals surface area contributed by atoms with Crippen molar-refractivity contribution in [2.24, 2.45) is 0 Å². The number of hydrogen-bond donors (Lipinski definition) is 0. The number of hydrogen-bond acceptors (Lipinski definition) is 5. The molecule has 0 aliphatic carbocycles. The molecule has 0 saturated carbocycles. The Hall–Kier alpha value is -1.15. The summed E-state index contributed by atoms with van der Waals surface area (Å²) in [6, 6.07) is -0.184. The molecule has 0 fully saturated rings. The summed E-state index contributed by atoms with van der Waals surface area (Å²) in [5, 5.41) is 14.0. The molecule has 9 heteroatoms. The second-order valence-electron chi connectivity index (χ2n) is 3.09. The smallest absolute Gasteiger partial charge is 0.358 e. The standard InChI is InChI=1S/C6H8ClN3O4S/c1-4(2)9-3-5(15(7,13)14)6(8-9)10(11)12/h3-4H,1-2H3. The largest absolute Gasteiger partial charge is 0.410 e. The Kier molecular flexibility index (Phi) is 3.00. The number of halogens is 1. The normalized spacial score (nSPS) is 12.0. The fourth-order valence-electron chi connectivity index (χ4n) is 0.928. The van der Waals surface area contributed by atoms with Gasteiger partial charge in [-0.1, -0.05) is 0 Å². The minimum Gasteiger partial charge on any atom is -0.358 e. The fourth-order valence-corrected chi connectivity index (χ4v) is 1.82. The van der Waals surface area contributed by atoms with E-state index in [1.54, 1.807) is 13.8 Å². The van der Waals surface area contributed by atoms with Crippen molar-refractivity contribution in [1.82, 2.24) is 9.78 Å². The summed E-state index contributed by atoms with van der Waals surface area (Å²) in [6.07, 6.45) is 1.05. The molecule has 0 atom stereocenters. The van der Waals surface area contributed by atoms with Crippen LogP contribution in [0, 0.1) is 10.1 Å². The zero-order valence-corrected chi connectivity index (χ0v) is 9.49. The zero-order valence-electron chi connectivity index (χ0n) is 7.92. The van der Waals surface area contributed by atoms with Gasteiger partial charge in [0, 0.05) is 10.7 Å². The van der Waals surface area contributed by atoms with Crippen LogP contribution in [-0.4, -0.2) is 23.1 Å². The number of nitrogens with zero attached hydrogens (tertiary/aromatic N) is 3. The molecule has 0 radical (unpaired) electrons. The maximum atomic E-state index is 11.0. The molecule has 1 aromatic heterocycles. The van der Waals surface area contributed by atoms with Crippen LogP contribution in [0.1, 0.15) is 19.9 Å². The molecule has 0 aromatic carbocycles. The Bertz CT molecular complexity index is 492. The highest BCUT2D eigenvalue weighted by atomic mass is 35.7. The Morgan fingerprint density at radius 3 is 2.40 bits per heavy atom. The van der Waals surface area contributed by atoms with Gasteiger partial charge in [-0.05, 0) is 18.8 Å². The lowest BCUT2D eigenvalue weighted by Crippen LogP contribution is -2.01. The molecular formula is C6H8ClN3O4S. The summed E-state index contributed by atoms with van der Waals surface area (Å²) < 4.78 is 23.2. The molecule has 0 spiro atoms. The van der Waals surface area contributed by atoms with Gasteiger partial charge in [-0.2, -0.15) is 4.68 Å². The predicted molar refractivity (Wildman–Crippen MR) is 52.3 cm³/mol. The van der Waals surface area contributed by atoms with Gasteiger partial charge in [0.1, 0.15) is 0 Å². The molecule has 7 nitrogen and oxygen atoms in total. The van der Waals surface area contributed by atoms with E-state index < -0.39 is 24.7 Å². The molecule has 1 heterocycles. The van der Waals surface area contributed by atoms with E-state index >= 15 is 0 Å². The lowest BCUT2D eigenvalue weighted by Gasteiger charge is -1.96. The summed E-state index contributed by atoms with van der Waals surface area (Å²) in [4.78, 5) is 9.05. The molecule has 84 valence electrons. The lowest BCUT2D eigenvalue weighted by atomic mass is 10.4. The van der Waals surface area contributed by atoms with Crippen LogP contribution in [0.5, 0.6) is 0 Å². The van der Waals surface area contributed by atoms with Crippen LogP contribution < -0.4 is 0 Å². The van der Waals surface area contributed by atoms with Crippen molar-refractivity contribution in [3.63, 3.8) is 0 Å². The maximum Gasteiger partial charge on any atom is 0.410 e. The van der Waals surface area contributed by atoms with Crippen LogP contribution in [0.4, 0.5) is 5.82 Å². The second-order valence-corrected chi connectivity index (χ2v) is 5.62. The van der Waals surface area contributed by atoms with E-state index in [0.717, 1.165) is 6.20 Å². The van der Waals surface area contributed by atoms with Gasteiger partial charge < -0.3 is 10.1 Å². The lowest BCUT2D eigenvalue weighted by molar-refractivity contribution is -0.392. The Labute approximate surface area is 90.2 Å². The number of aromatic nitrogens is 2. The Morgan fingerprint density at radius 2 is 2.13 bits per heavy atom. The summed E-state index contributed by atoms with van der Waals surface area (Å²) in [6.45, 7) is 3.42. The van der Waals surface area contributed by atoms with Gasteiger partial charge in [0.2, 0.25) is 4.90 Å². The van der Waals surface area contributed by atoms with Crippen LogP contribution in [0.25, 0.3) is 0 Å². The summed E-state index contributed by atoms with van der Waals surface area (Å²) >= 11 is 0. The quantitative estimate of drug-likeness (QED) is 0.460. The first-order valence-electron chi connectivity index (χ1n) is 3.91. The monoisotopic (exact) mass is 253 g/mol. The fraction of sp³-hybridized carbons (Fsp3) is 0.500. The highest BCUT2D eigenvalue weighted by Gasteiger charge is 2.30. The average Bonchev–Trinajstić information content (AvgIpc) is 2.45. The Morgan fingerprint density at radius 1 is 1.60 bits per heavy atom. The third-order valence-electron chi connectivity index (χ3n) is 1.64. The number of rotatable bonds is 3. The van der Waals surface area contributed by atoms with Crippen molar-refractivity contribution < 1.29 is 13.3 Å². The van der Waals surface area contributed by atoms with Gasteiger partial charge in [-0.3, -0.25) is 0 Å². The summed E-state index contributed by atoms with van der Waals surface area (Å²) in [5.74, 6) is -0.751. The minimum atomic E-state index is -4.14. The topological polar surface area (TPSA) is 95.1 Å². The van der Waals surface area contributed by atoms with E-state index in [0.29, 0.717) is 0 Å². The number of nitro groups is 1. The predicted octanol–water partition coefficient (Wildman–Crippen LogP) is 1.30. The van der Waals surface area contributed by atoms with Gasteiger partial charge in [0.25, 0.3) is 9.05 Å². The molecule has 1 rings (SSSR count). The van der Waals surface area contributed by atoms with Crippen LogP contribution in [0.2, 0.25) is 0 Å². The average molecular weight is 254 g/mol. The highest BCUT2D eigenvalue weighted by molar-refractivity contribution is 8.13. The molecule has 0 N–H and O–H groups in total. The first-order valence-corrected chi connectivity index (χ1v) is 6.22. The van der Waals surface area contributed by atoms with Crippen molar-refractivity contribution in [1.29, 1.82) is 0 Å². The van der Waals surface area contributed by atoms with Crippen LogP contribution in [0.3, 0.4) is 0 Å².